The number of anilines is 3. The van der Waals surface area contributed by atoms with E-state index in [1.165, 1.54) is 5.56 Å². The first-order chi connectivity index (χ1) is 12.1. The number of hydrogen-bond acceptors (Lipinski definition) is 6. The van der Waals surface area contributed by atoms with Crippen LogP contribution in [-0.2, 0) is 13.1 Å². The predicted molar refractivity (Wildman–Crippen MR) is 100 cm³/mol. The van der Waals surface area contributed by atoms with Gasteiger partial charge in [0.25, 0.3) is 0 Å². The third-order valence-electron chi connectivity index (χ3n) is 3.68. The zero-order valence-corrected chi connectivity index (χ0v) is 14.5. The summed E-state index contributed by atoms with van der Waals surface area (Å²) < 4.78 is 0. The van der Waals surface area contributed by atoms with Crippen LogP contribution in [0.15, 0.2) is 54.6 Å². The molecule has 0 aliphatic carbocycles. The van der Waals surface area contributed by atoms with E-state index >= 15 is 0 Å². The van der Waals surface area contributed by atoms with Crippen LogP contribution < -0.4 is 11.1 Å². The predicted octanol–water partition coefficient (Wildman–Crippen LogP) is 3.14. The van der Waals surface area contributed by atoms with Crippen LogP contribution in [0.25, 0.3) is 0 Å². The fourth-order valence-electron chi connectivity index (χ4n) is 2.61. The summed E-state index contributed by atoms with van der Waals surface area (Å²) in [5.74, 6) is 1.32. The van der Waals surface area contributed by atoms with E-state index in [1.807, 2.05) is 56.4 Å². The largest absolute Gasteiger partial charge is 0.368 e. The maximum atomic E-state index is 5.85. The maximum absolute atomic E-state index is 5.85. The number of nitrogens with zero attached hydrogens (tertiary/aromatic N) is 4. The van der Waals surface area contributed by atoms with Crippen LogP contribution in [0.5, 0.6) is 0 Å². The minimum atomic E-state index is 0.216. The number of rotatable bonds is 6. The summed E-state index contributed by atoms with van der Waals surface area (Å²) in [5.41, 5.74) is 9.18. The van der Waals surface area contributed by atoms with E-state index < -0.39 is 0 Å². The topological polar surface area (TPSA) is 80.0 Å². The molecule has 6 nitrogen and oxygen atoms in total. The number of aromatic nitrogens is 3. The summed E-state index contributed by atoms with van der Waals surface area (Å²) in [6.07, 6.45) is 0. The van der Waals surface area contributed by atoms with Crippen molar-refractivity contribution >= 4 is 17.6 Å². The molecule has 0 amide bonds. The fraction of sp³-hybridized carbons (Fsp3) is 0.211. The molecule has 0 saturated heterocycles. The lowest BCUT2D eigenvalue weighted by Crippen LogP contribution is -2.20. The summed E-state index contributed by atoms with van der Waals surface area (Å²) in [5, 5.41) is 3.19. The lowest BCUT2D eigenvalue weighted by Gasteiger charge is -2.16. The SMILES string of the molecule is Cc1cccc(Nc2nc(N)nc(CN(C)Cc3ccccc3)n2)c1. The van der Waals surface area contributed by atoms with E-state index in [0.717, 1.165) is 17.8 Å². The van der Waals surface area contributed by atoms with E-state index in [0.29, 0.717) is 18.3 Å². The summed E-state index contributed by atoms with van der Waals surface area (Å²) >= 11 is 0. The van der Waals surface area contributed by atoms with Crippen molar-refractivity contribution in [2.45, 2.75) is 20.0 Å². The molecule has 0 aliphatic heterocycles. The molecule has 6 heteroatoms. The molecule has 0 radical (unpaired) electrons. The van der Waals surface area contributed by atoms with Crippen LogP contribution in [-0.4, -0.2) is 26.9 Å². The van der Waals surface area contributed by atoms with Gasteiger partial charge in [-0.2, -0.15) is 15.0 Å². The Hall–Kier alpha value is -2.99. The second kappa shape index (κ2) is 7.72. The highest BCUT2D eigenvalue weighted by Crippen LogP contribution is 2.15. The molecule has 2 aromatic carbocycles. The van der Waals surface area contributed by atoms with Crippen LogP contribution in [0.1, 0.15) is 17.0 Å². The molecule has 128 valence electrons. The number of hydrogen-bond donors (Lipinski definition) is 2. The molecule has 0 fully saturated rings. The van der Waals surface area contributed by atoms with Gasteiger partial charge in [0.1, 0.15) is 5.82 Å². The first-order valence-corrected chi connectivity index (χ1v) is 8.15. The highest BCUT2D eigenvalue weighted by Gasteiger charge is 2.08. The Bertz CT molecular complexity index is 834. The van der Waals surface area contributed by atoms with Gasteiger partial charge in [0.15, 0.2) is 0 Å². The number of nitrogen functional groups attached to an aromatic ring is 1. The van der Waals surface area contributed by atoms with Gasteiger partial charge in [-0.25, -0.2) is 0 Å². The highest BCUT2D eigenvalue weighted by atomic mass is 15.2. The van der Waals surface area contributed by atoms with Crippen molar-refractivity contribution in [3.63, 3.8) is 0 Å². The smallest absolute Gasteiger partial charge is 0.232 e. The summed E-state index contributed by atoms with van der Waals surface area (Å²) in [6.45, 7) is 3.44. The number of aryl methyl sites for hydroxylation is 1. The van der Waals surface area contributed by atoms with Crippen molar-refractivity contribution in [3.8, 4) is 0 Å². The first-order valence-electron chi connectivity index (χ1n) is 8.15. The molecule has 1 aromatic heterocycles. The van der Waals surface area contributed by atoms with Crippen molar-refractivity contribution < 1.29 is 0 Å². The average Bonchev–Trinajstić information content (AvgIpc) is 2.55. The third-order valence-corrected chi connectivity index (χ3v) is 3.68. The van der Waals surface area contributed by atoms with Crippen molar-refractivity contribution in [1.29, 1.82) is 0 Å². The van der Waals surface area contributed by atoms with Gasteiger partial charge in [-0.3, -0.25) is 4.90 Å². The standard InChI is InChI=1S/C19H22N6/c1-14-7-6-10-16(11-14)21-19-23-17(22-18(20)24-19)13-25(2)12-15-8-4-3-5-9-15/h3-11H,12-13H2,1-2H3,(H3,20,21,22,23,24). The van der Waals surface area contributed by atoms with Crippen LogP contribution in [0.2, 0.25) is 0 Å². The lowest BCUT2D eigenvalue weighted by molar-refractivity contribution is 0.310. The fourth-order valence-corrected chi connectivity index (χ4v) is 2.61. The number of nitrogens with two attached hydrogens (primary N) is 1. The lowest BCUT2D eigenvalue weighted by atomic mass is 10.2. The zero-order valence-electron chi connectivity index (χ0n) is 14.5. The summed E-state index contributed by atoms with van der Waals surface area (Å²) in [6, 6.07) is 18.3. The first kappa shape index (κ1) is 16.9. The molecule has 3 rings (SSSR count). The molecule has 0 unspecified atom stereocenters. The Morgan fingerprint density at radius 3 is 2.52 bits per heavy atom. The van der Waals surface area contributed by atoms with E-state index in [1.54, 1.807) is 0 Å². The Kier molecular flexibility index (Phi) is 5.20. The minimum absolute atomic E-state index is 0.216. The molecular weight excluding hydrogens is 312 g/mol. The molecule has 0 bridgehead atoms. The normalized spacial score (nSPS) is 10.8. The van der Waals surface area contributed by atoms with Gasteiger partial charge in [0.2, 0.25) is 11.9 Å². The van der Waals surface area contributed by atoms with Gasteiger partial charge in [-0.1, -0.05) is 42.5 Å². The van der Waals surface area contributed by atoms with Crippen molar-refractivity contribution in [3.05, 3.63) is 71.5 Å². The zero-order chi connectivity index (χ0) is 17.6. The second-order valence-corrected chi connectivity index (χ2v) is 6.09. The highest BCUT2D eigenvalue weighted by molar-refractivity contribution is 5.54. The summed E-state index contributed by atoms with van der Waals surface area (Å²) in [7, 11) is 2.03. The molecule has 0 spiro atoms. The quantitative estimate of drug-likeness (QED) is 0.721. The summed E-state index contributed by atoms with van der Waals surface area (Å²) in [4.78, 5) is 15.0. The number of nitrogens with one attached hydrogen (secondary N) is 1. The van der Waals surface area contributed by atoms with Gasteiger partial charge >= 0.3 is 0 Å². The van der Waals surface area contributed by atoms with Gasteiger partial charge < -0.3 is 11.1 Å². The van der Waals surface area contributed by atoms with E-state index in [2.05, 4.69) is 37.3 Å². The molecule has 0 atom stereocenters. The molecule has 0 aliphatic rings. The van der Waals surface area contributed by atoms with Crippen molar-refractivity contribution in [2.24, 2.45) is 0 Å². The molecule has 3 N–H and O–H groups in total. The Morgan fingerprint density at radius 2 is 1.76 bits per heavy atom. The molecule has 1 heterocycles. The van der Waals surface area contributed by atoms with Gasteiger partial charge in [0, 0.05) is 12.2 Å². The van der Waals surface area contributed by atoms with E-state index in [-0.39, 0.29) is 5.95 Å². The second-order valence-electron chi connectivity index (χ2n) is 6.09. The minimum Gasteiger partial charge on any atom is -0.368 e. The van der Waals surface area contributed by atoms with E-state index in [4.69, 9.17) is 5.73 Å². The van der Waals surface area contributed by atoms with Crippen LogP contribution in [0.4, 0.5) is 17.6 Å². The Morgan fingerprint density at radius 1 is 0.960 bits per heavy atom. The van der Waals surface area contributed by atoms with Gasteiger partial charge in [-0.05, 0) is 37.2 Å². The number of benzene rings is 2. The van der Waals surface area contributed by atoms with E-state index in [9.17, 15) is 0 Å². The maximum Gasteiger partial charge on any atom is 0.232 e. The third kappa shape index (κ3) is 4.99. The molecular formula is C19H22N6. The average molecular weight is 334 g/mol. The monoisotopic (exact) mass is 334 g/mol. The van der Waals surface area contributed by atoms with Crippen molar-refractivity contribution in [1.82, 2.24) is 19.9 Å². The van der Waals surface area contributed by atoms with Crippen molar-refractivity contribution in [2.75, 3.05) is 18.1 Å². The van der Waals surface area contributed by atoms with Crippen LogP contribution in [0, 0.1) is 6.92 Å². The molecule has 0 saturated carbocycles. The van der Waals surface area contributed by atoms with Gasteiger partial charge in [0.05, 0.1) is 6.54 Å². The Balaban J connectivity index is 1.70. The molecule has 25 heavy (non-hydrogen) atoms. The van der Waals surface area contributed by atoms with Crippen LogP contribution >= 0.6 is 0 Å². The van der Waals surface area contributed by atoms with Gasteiger partial charge in [-0.15, -0.1) is 0 Å². The molecule has 3 aromatic rings. The Labute approximate surface area is 147 Å². The van der Waals surface area contributed by atoms with Crippen LogP contribution in [0.3, 0.4) is 0 Å².